The van der Waals surface area contributed by atoms with E-state index in [0.29, 0.717) is 17.0 Å². The lowest BCUT2D eigenvalue weighted by Crippen LogP contribution is -2.35. The molecule has 6 nitrogen and oxygen atoms in total. The molecule has 1 fully saturated rings. The largest absolute Gasteiger partial charge is 0.497 e. The predicted molar refractivity (Wildman–Crippen MR) is 73.7 cm³/mol. The van der Waals surface area contributed by atoms with Crippen molar-refractivity contribution in [3.8, 4) is 5.75 Å². The first-order chi connectivity index (χ1) is 9.52. The fraction of sp³-hybridized carbons (Fsp3) is 0.429. The molecule has 0 radical (unpaired) electrons. The highest BCUT2D eigenvalue weighted by Gasteiger charge is 2.33. The molecule has 6 heteroatoms. The van der Waals surface area contributed by atoms with Crippen LogP contribution in [0.2, 0.25) is 0 Å². The summed E-state index contributed by atoms with van der Waals surface area (Å²) in [4.78, 5) is 24.8. The molecule has 1 aliphatic carbocycles. The molecule has 0 heterocycles. The van der Waals surface area contributed by atoms with E-state index in [1.165, 1.54) is 7.11 Å². The van der Waals surface area contributed by atoms with Gasteiger partial charge in [-0.2, -0.15) is 0 Å². The van der Waals surface area contributed by atoms with Gasteiger partial charge in [0.2, 0.25) is 0 Å². The van der Waals surface area contributed by atoms with E-state index in [1.54, 1.807) is 23.1 Å². The van der Waals surface area contributed by atoms with Crippen LogP contribution in [0.3, 0.4) is 0 Å². The quantitative estimate of drug-likeness (QED) is 0.766. The number of anilines is 1. The van der Waals surface area contributed by atoms with Crippen molar-refractivity contribution in [2.45, 2.75) is 25.3 Å². The molecule has 1 amide bonds. The van der Waals surface area contributed by atoms with E-state index >= 15 is 0 Å². The average molecular weight is 278 g/mol. The molecule has 3 N–H and O–H groups in total. The Labute approximate surface area is 117 Å². The molecule has 1 aromatic carbocycles. The Balaban J connectivity index is 2.16. The summed E-state index contributed by atoms with van der Waals surface area (Å²) in [6.45, 7) is 0.213. The first-order valence-corrected chi connectivity index (χ1v) is 6.49. The van der Waals surface area contributed by atoms with Crippen LogP contribution in [0.5, 0.6) is 5.75 Å². The van der Waals surface area contributed by atoms with E-state index in [4.69, 9.17) is 15.6 Å². The summed E-state index contributed by atoms with van der Waals surface area (Å²) in [7, 11) is 1.53. The molecule has 0 bridgehead atoms. The van der Waals surface area contributed by atoms with Crippen LogP contribution in [0.25, 0.3) is 0 Å². The van der Waals surface area contributed by atoms with Gasteiger partial charge in [0.15, 0.2) is 0 Å². The van der Waals surface area contributed by atoms with Gasteiger partial charge in [0.25, 0.3) is 5.91 Å². The molecule has 0 spiro atoms. The van der Waals surface area contributed by atoms with Crippen LogP contribution in [0.15, 0.2) is 18.2 Å². The molecule has 0 atom stereocenters. The molecule has 1 saturated carbocycles. The van der Waals surface area contributed by atoms with E-state index in [-0.39, 0.29) is 24.9 Å². The lowest BCUT2D eigenvalue weighted by Gasteiger charge is -2.22. The predicted octanol–water partition coefficient (Wildman–Crippen LogP) is 1.36. The molecule has 0 aliphatic heterocycles. The van der Waals surface area contributed by atoms with Crippen molar-refractivity contribution in [1.29, 1.82) is 0 Å². The van der Waals surface area contributed by atoms with Gasteiger partial charge in [-0.15, -0.1) is 0 Å². The van der Waals surface area contributed by atoms with Crippen LogP contribution in [-0.4, -0.2) is 41.6 Å². The molecule has 108 valence electrons. The highest BCUT2D eigenvalue weighted by Crippen LogP contribution is 2.30. The van der Waals surface area contributed by atoms with Gasteiger partial charge in [-0.1, -0.05) is 0 Å². The van der Waals surface area contributed by atoms with Crippen molar-refractivity contribution in [3.05, 3.63) is 23.8 Å². The van der Waals surface area contributed by atoms with E-state index in [9.17, 15) is 9.59 Å². The topological polar surface area (TPSA) is 92.9 Å². The van der Waals surface area contributed by atoms with Crippen LogP contribution < -0.4 is 10.5 Å². The summed E-state index contributed by atoms with van der Waals surface area (Å²) in [5, 5.41) is 8.76. The minimum absolute atomic E-state index is 0.0572. The number of hydrogen-bond donors (Lipinski definition) is 2. The third kappa shape index (κ3) is 3.20. The van der Waals surface area contributed by atoms with Crippen molar-refractivity contribution in [2.75, 3.05) is 19.4 Å². The summed E-state index contributed by atoms with van der Waals surface area (Å²) < 4.78 is 5.05. The van der Waals surface area contributed by atoms with Gasteiger partial charge in [0.1, 0.15) is 5.75 Å². The second-order valence-corrected chi connectivity index (χ2v) is 4.83. The fourth-order valence-electron chi connectivity index (χ4n) is 2.07. The van der Waals surface area contributed by atoms with E-state index in [2.05, 4.69) is 0 Å². The van der Waals surface area contributed by atoms with E-state index in [1.807, 2.05) is 0 Å². The van der Waals surface area contributed by atoms with Crippen molar-refractivity contribution >= 4 is 17.6 Å². The summed E-state index contributed by atoms with van der Waals surface area (Å²) in [6.07, 6.45) is 1.78. The second-order valence-electron chi connectivity index (χ2n) is 4.83. The monoisotopic (exact) mass is 278 g/mol. The number of benzene rings is 1. The molecule has 20 heavy (non-hydrogen) atoms. The number of nitrogens with two attached hydrogens (primary N) is 1. The summed E-state index contributed by atoms with van der Waals surface area (Å²) in [5.74, 6) is -0.539. The molecule has 1 aromatic rings. The Hall–Kier alpha value is -2.24. The van der Waals surface area contributed by atoms with Gasteiger partial charge >= 0.3 is 5.97 Å². The van der Waals surface area contributed by atoms with Crippen molar-refractivity contribution in [2.24, 2.45) is 0 Å². The minimum atomic E-state index is -0.911. The number of amides is 1. The Morgan fingerprint density at radius 3 is 2.65 bits per heavy atom. The Morgan fingerprint density at radius 1 is 1.45 bits per heavy atom. The molecule has 2 rings (SSSR count). The first-order valence-electron chi connectivity index (χ1n) is 6.49. The van der Waals surface area contributed by atoms with Gasteiger partial charge in [-0.25, -0.2) is 0 Å². The maximum absolute atomic E-state index is 12.5. The number of rotatable bonds is 6. The highest BCUT2D eigenvalue weighted by molar-refractivity contribution is 5.99. The molecular weight excluding hydrogens is 260 g/mol. The Bertz CT molecular complexity index is 526. The third-order valence-electron chi connectivity index (χ3n) is 3.30. The average Bonchev–Trinajstić information content (AvgIpc) is 3.22. The third-order valence-corrected chi connectivity index (χ3v) is 3.30. The number of hydrogen-bond acceptors (Lipinski definition) is 4. The zero-order valence-electron chi connectivity index (χ0n) is 11.3. The molecular formula is C14H18N2O4. The van der Waals surface area contributed by atoms with Crippen LogP contribution in [0.1, 0.15) is 29.6 Å². The summed E-state index contributed by atoms with van der Waals surface area (Å²) in [5.41, 5.74) is 6.60. The first kappa shape index (κ1) is 14.2. The molecule has 1 aliphatic rings. The second kappa shape index (κ2) is 5.81. The number of aliphatic carboxylic acids is 1. The number of nitrogens with zero attached hydrogens (tertiary/aromatic N) is 1. The van der Waals surface area contributed by atoms with Gasteiger partial charge < -0.3 is 20.5 Å². The van der Waals surface area contributed by atoms with Gasteiger partial charge in [0.05, 0.1) is 19.1 Å². The number of nitrogen functional groups attached to an aromatic ring is 1. The van der Waals surface area contributed by atoms with Crippen LogP contribution in [0.4, 0.5) is 5.69 Å². The van der Waals surface area contributed by atoms with Gasteiger partial charge in [0, 0.05) is 24.3 Å². The Kier molecular flexibility index (Phi) is 4.12. The number of carboxylic acids is 1. The van der Waals surface area contributed by atoms with Crippen molar-refractivity contribution in [3.63, 3.8) is 0 Å². The molecule has 0 aromatic heterocycles. The smallest absolute Gasteiger partial charge is 0.305 e. The number of carbonyl (C=O) groups is 2. The minimum Gasteiger partial charge on any atom is -0.497 e. The zero-order chi connectivity index (χ0) is 14.7. The molecule has 0 unspecified atom stereocenters. The number of carbonyl (C=O) groups excluding carboxylic acids is 1. The van der Waals surface area contributed by atoms with Gasteiger partial charge in [-0.05, 0) is 25.0 Å². The van der Waals surface area contributed by atoms with Crippen molar-refractivity contribution < 1.29 is 19.4 Å². The fourth-order valence-corrected chi connectivity index (χ4v) is 2.07. The lowest BCUT2D eigenvalue weighted by atomic mass is 10.1. The van der Waals surface area contributed by atoms with Crippen LogP contribution >= 0.6 is 0 Å². The SMILES string of the molecule is COc1ccc(C(=O)N(CCC(=O)O)C2CC2)c(N)c1. The van der Waals surface area contributed by atoms with E-state index in [0.717, 1.165) is 12.8 Å². The Morgan fingerprint density at radius 2 is 2.15 bits per heavy atom. The standard InChI is InChI=1S/C14H18N2O4/c1-20-10-4-5-11(12(15)8-10)14(19)16(9-2-3-9)7-6-13(17)18/h4-5,8-9H,2-3,6-7,15H2,1H3,(H,17,18). The number of ether oxygens (including phenoxy) is 1. The maximum Gasteiger partial charge on any atom is 0.305 e. The van der Waals surface area contributed by atoms with Crippen LogP contribution in [-0.2, 0) is 4.79 Å². The molecule has 0 saturated heterocycles. The van der Waals surface area contributed by atoms with E-state index < -0.39 is 5.97 Å². The highest BCUT2D eigenvalue weighted by atomic mass is 16.5. The van der Waals surface area contributed by atoms with Crippen LogP contribution in [0, 0.1) is 0 Å². The number of carboxylic acid groups (broad SMARTS) is 1. The number of methoxy groups -OCH3 is 1. The van der Waals surface area contributed by atoms with Crippen molar-refractivity contribution in [1.82, 2.24) is 4.90 Å². The maximum atomic E-state index is 12.5. The summed E-state index contributed by atoms with van der Waals surface area (Å²) in [6, 6.07) is 5.02. The summed E-state index contributed by atoms with van der Waals surface area (Å²) >= 11 is 0. The lowest BCUT2D eigenvalue weighted by molar-refractivity contribution is -0.137. The van der Waals surface area contributed by atoms with Gasteiger partial charge in [-0.3, -0.25) is 9.59 Å². The normalized spacial score (nSPS) is 13.8. The zero-order valence-corrected chi connectivity index (χ0v) is 11.3.